The van der Waals surface area contributed by atoms with Crippen molar-refractivity contribution in [1.29, 1.82) is 0 Å². The molecule has 2 aromatic carbocycles. The van der Waals surface area contributed by atoms with Crippen molar-refractivity contribution in [2.75, 3.05) is 0 Å². The molecule has 4 nitrogen and oxygen atoms in total. The van der Waals surface area contributed by atoms with Crippen LogP contribution in [-0.4, -0.2) is 20.1 Å². The number of halogens is 2. The Morgan fingerprint density at radius 3 is 2.13 bits per heavy atom. The monoisotopic (exact) mass is 339 g/mol. The van der Waals surface area contributed by atoms with Crippen molar-refractivity contribution in [1.82, 2.24) is 5.32 Å². The van der Waals surface area contributed by atoms with Gasteiger partial charge in [0.2, 0.25) is 9.84 Å². The van der Waals surface area contributed by atoms with Crippen LogP contribution in [0.2, 0.25) is 0 Å². The number of amides is 1. The highest BCUT2D eigenvalue weighted by atomic mass is 32.2. The van der Waals surface area contributed by atoms with E-state index < -0.39 is 26.4 Å². The first kappa shape index (κ1) is 17.1. The summed E-state index contributed by atoms with van der Waals surface area (Å²) in [6.45, 7) is 2.27. The minimum Gasteiger partial charge on any atom is -0.348 e. The Morgan fingerprint density at radius 1 is 1.04 bits per heavy atom. The number of hydrogen-bond acceptors (Lipinski definition) is 3. The maximum Gasteiger partial charge on any atom is 0.341 e. The first-order valence-corrected chi connectivity index (χ1v) is 8.31. The predicted molar refractivity (Wildman–Crippen MR) is 82.0 cm³/mol. The van der Waals surface area contributed by atoms with E-state index in [4.69, 9.17) is 0 Å². The molecular formula is C16H15F2NO3S. The Labute approximate surface area is 133 Å². The fourth-order valence-electron chi connectivity index (χ4n) is 1.89. The van der Waals surface area contributed by atoms with E-state index in [9.17, 15) is 22.0 Å². The molecule has 0 aliphatic rings. The second-order valence-corrected chi connectivity index (χ2v) is 6.92. The summed E-state index contributed by atoms with van der Waals surface area (Å²) < 4.78 is 47.5. The third-order valence-electron chi connectivity index (χ3n) is 3.25. The second-order valence-electron chi connectivity index (χ2n) is 5.00. The van der Waals surface area contributed by atoms with E-state index in [1.807, 2.05) is 31.2 Å². The molecule has 0 saturated heterocycles. The molecule has 2 rings (SSSR count). The van der Waals surface area contributed by atoms with Crippen molar-refractivity contribution in [3.8, 4) is 0 Å². The number of benzene rings is 2. The van der Waals surface area contributed by atoms with Crippen LogP contribution >= 0.6 is 0 Å². The lowest BCUT2D eigenvalue weighted by Gasteiger charge is -2.07. The fraction of sp³-hybridized carbons (Fsp3) is 0.188. The number of sulfone groups is 1. The van der Waals surface area contributed by atoms with Crippen LogP contribution in [0.4, 0.5) is 8.78 Å². The average Bonchev–Trinajstić information content (AvgIpc) is 2.54. The first-order chi connectivity index (χ1) is 10.8. The molecule has 23 heavy (non-hydrogen) atoms. The molecule has 0 atom stereocenters. The smallest absolute Gasteiger partial charge is 0.341 e. The zero-order chi connectivity index (χ0) is 17.0. The summed E-state index contributed by atoms with van der Waals surface area (Å²) in [7, 11) is -4.64. The molecule has 0 saturated carbocycles. The van der Waals surface area contributed by atoms with E-state index in [-0.39, 0.29) is 5.56 Å². The summed E-state index contributed by atoms with van der Waals surface area (Å²) in [5.41, 5.74) is 2.22. The van der Waals surface area contributed by atoms with Crippen LogP contribution in [0.25, 0.3) is 0 Å². The van der Waals surface area contributed by atoms with Crippen LogP contribution in [0, 0.1) is 6.92 Å². The molecule has 0 bridgehead atoms. The molecule has 1 amide bonds. The van der Waals surface area contributed by atoms with Gasteiger partial charge in [0.15, 0.2) is 0 Å². The summed E-state index contributed by atoms with van der Waals surface area (Å²) in [5.74, 6) is -3.89. The van der Waals surface area contributed by atoms with Crippen LogP contribution in [0.1, 0.15) is 21.5 Å². The van der Waals surface area contributed by atoms with Gasteiger partial charge in [-0.15, -0.1) is 0 Å². The molecule has 0 unspecified atom stereocenters. The van der Waals surface area contributed by atoms with Gasteiger partial charge in [0.05, 0.1) is 4.90 Å². The lowest BCUT2D eigenvalue weighted by Crippen LogP contribution is -2.22. The quantitative estimate of drug-likeness (QED) is 0.911. The van der Waals surface area contributed by atoms with Gasteiger partial charge in [-0.05, 0) is 36.8 Å². The zero-order valence-electron chi connectivity index (χ0n) is 12.3. The third kappa shape index (κ3) is 4.13. The second kappa shape index (κ2) is 6.87. The van der Waals surface area contributed by atoms with Gasteiger partial charge in [-0.2, -0.15) is 8.78 Å². The topological polar surface area (TPSA) is 63.2 Å². The van der Waals surface area contributed by atoms with E-state index in [0.29, 0.717) is 6.54 Å². The largest absolute Gasteiger partial charge is 0.348 e. The molecule has 7 heteroatoms. The number of hydrogen-bond donors (Lipinski definition) is 1. The first-order valence-electron chi connectivity index (χ1n) is 6.76. The van der Waals surface area contributed by atoms with Crippen molar-refractivity contribution < 1.29 is 22.0 Å². The zero-order valence-corrected chi connectivity index (χ0v) is 13.1. The Hall–Kier alpha value is -2.28. The van der Waals surface area contributed by atoms with Crippen molar-refractivity contribution >= 4 is 15.7 Å². The summed E-state index contributed by atoms with van der Waals surface area (Å²) in [6, 6.07) is 12.0. The Balaban J connectivity index is 2.04. The number of rotatable bonds is 5. The predicted octanol–water partition coefficient (Wildman–Crippen LogP) is 2.92. The molecule has 0 spiro atoms. The summed E-state index contributed by atoms with van der Waals surface area (Å²) in [6.07, 6.45) is 0. The highest BCUT2D eigenvalue weighted by molar-refractivity contribution is 7.91. The van der Waals surface area contributed by atoms with Gasteiger partial charge in [0, 0.05) is 12.1 Å². The number of carbonyl (C=O) groups excluding carboxylic acids is 1. The van der Waals surface area contributed by atoms with E-state index >= 15 is 0 Å². The normalized spacial score (nSPS) is 11.5. The van der Waals surface area contributed by atoms with Gasteiger partial charge in [-0.3, -0.25) is 4.79 Å². The standard InChI is InChI=1S/C16H15F2NO3S/c1-11-2-4-12(5-3-11)10-19-15(20)13-6-8-14(9-7-13)23(21,22)16(17)18/h2-9,16H,10H2,1H3,(H,19,20). The molecule has 0 aromatic heterocycles. The van der Waals surface area contributed by atoms with Crippen molar-refractivity contribution in [2.24, 2.45) is 0 Å². The van der Waals surface area contributed by atoms with Crippen molar-refractivity contribution in [3.05, 3.63) is 65.2 Å². The van der Waals surface area contributed by atoms with Crippen LogP contribution in [0.15, 0.2) is 53.4 Å². The lowest BCUT2D eigenvalue weighted by atomic mass is 10.1. The Kier molecular flexibility index (Phi) is 5.10. The molecule has 0 radical (unpaired) electrons. The molecule has 0 aliphatic carbocycles. The highest BCUT2D eigenvalue weighted by Gasteiger charge is 2.26. The van der Waals surface area contributed by atoms with E-state index in [1.165, 1.54) is 12.1 Å². The minimum absolute atomic E-state index is 0.199. The Morgan fingerprint density at radius 2 is 1.61 bits per heavy atom. The lowest BCUT2D eigenvalue weighted by molar-refractivity contribution is 0.0951. The summed E-state index contributed by atoms with van der Waals surface area (Å²) in [4.78, 5) is 11.5. The van der Waals surface area contributed by atoms with Gasteiger partial charge >= 0.3 is 5.76 Å². The number of carbonyl (C=O) groups is 1. The average molecular weight is 339 g/mol. The van der Waals surface area contributed by atoms with Gasteiger partial charge in [0.1, 0.15) is 0 Å². The molecule has 0 fully saturated rings. The summed E-state index contributed by atoms with van der Waals surface area (Å²) >= 11 is 0. The molecule has 122 valence electrons. The number of aryl methyl sites for hydroxylation is 1. The molecule has 0 heterocycles. The summed E-state index contributed by atoms with van der Waals surface area (Å²) in [5, 5.41) is 2.68. The van der Waals surface area contributed by atoms with Crippen LogP contribution < -0.4 is 5.32 Å². The Bertz CT molecular complexity index is 785. The van der Waals surface area contributed by atoms with Crippen LogP contribution in [-0.2, 0) is 16.4 Å². The molecular weight excluding hydrogens is 324 g/mol. The third-order valence-corrected chi connectivity index (χ3v) is 4.65. The van der Waals surface area contributed by atoms with E-state index in [0.717, 1.165) is 23.3 Å². The molecule has 0 aliphatic heterocycles. The fourth-order valence-corrected chi connectivity index (χ4v) is 2.61. The number of nitrogens with one attached hydrogen (secondary N) is 1. The molecule has 2 aromatic rings. The van der Waals surface area contributed by atoms with Gasteiger partial charge in [-0.25, -0.2) is 8.42 Å². The van der Waals surface area contributed by atoms with Crippen LogP contribution in [0.3, 0.4) is 0 Å². The van der Waals surface area contributed by atoms with Gasteiger partial charge < -0.3 is 5.32 Å². The van der Waals surface area contributed by atoms with Crippen LogP contribution in [0.5, 0.6) is 0 Å². The van der Waals surface area contributed by atoms with Gasteiger partial charge in [-0.1, -0.05) is 29.8 Å². The highest BCUT2D eigenvalue weighted by Crippen LogP contribution is 2.18. The van der Waals surface area contributed by atoms with Gasteiger partial charge in [0.25, 0.3) is 5.91 Å². The maximum absolute atomic E-state index is 12.4. The van der Waals surface area contributed by atoms with Crippen molar-refractivity contribution in [2.45, 2.75) is 24.1 Å². The minimum atomic E-state index is -4.64. The van der Waals surface area contributed by atoms with E-state index in [2.05, 4.69) is 5.32 Å². The van der Waals surface area contributed by atoms with E-state index in [1.54, 1.807) is 0 Å². The molecule has 1 N–H and O–H groups in total. The SMILES string of the molecule is Cc1ccc(CNC(=O)c2ccc(S(=O)(=O)C(F)F)cc2)cc1. The maximum atomic E-state index is 12.4. The van der Waals surface area contributed by atoms with Crippen molar-refractivity contribution in [3.63, 3.8) is 0 Å². The number of alkyl halides is 2.